The summed E-state index contributed by atoms with van der Waals surface area (Å²) in [4.78, 5) is 18.1. The molecular weight excluding hydrogens is 390 g/mol. The first-order chi connectivity index (χ1) is 15.0. The Morgan fingerprint density at radius 1 is 1.29 bits per heavy atom. The minimum absolute atomic E-state index is 0.0279. The third-order valence-electron chi connectivity index (χ3n) is 7.70. The molecule has 0 bridgehead atoms. The van der Waals surface area contributed by atoms with Gasteiger partial charge in [0.1, 0.15) is 5.75 Å². The molecule has 1 spiro atoms. The molecule has 3 aliphatic rings. The molecule has 1 aromatic rings. The molecule has 2 saturated carbocycles. The van der Waals surface area contributed by atoms with Crippen molar-refractivity contribution in [3.63, 3.8) is 0 Å². The van der Waals surface area contributed by atoms with Gasteiger partial charge >= 0.3 is 0 Å². The first-order valence-corrected chi connectivity index (χ1v) is 11.8. The van der Waals surface area contributed by atoms with E-state index in [1.54, 1.807) is 7.11 Å². The number of hydrogen-bond acceptors (Lipinski definition) is 4. The third kappa shape index (κ3) is 4.45. The summed E-state index contributed by atoms with van der Waals surface area (Å²) in [5.74, 6) is 1.92. The second-order valence-electron chi connectivity index (χ2n) is 9.94. The van der Waals surface area contributed by atoms with E-state index in [2.05, 4.69) is 18.2 Å². The molecule has 6 heteroatoms. The van der Waals surface area contributed by atoms with Gasteiger partial charge in [-0.05, 0) is 88.0 Å². The second-order valence-corrected chi connectivity index (χ2v) is 9.94. The Morgan fingerprint density at radius 2 is 2.03 bits per heavy atom. The van der Waals surface area contributed by atoms with Crippen LogP contribution in [0.25, 0.3) is 0 Å². The second kappa shape index (κ2) is 9.19. The minimum Gasteiger partial charge on any atom is -0.493 e. The fraction of sp³-hybridized carbons (Fsp3) is 0.680. The van der Waals surface area contributed by atoms with Gasteiger partial charge in [-0.1, -0.05) is 12.5 Å². The van der Waals surface area contributed by atoms with Crippen LogP contribution in [-0.4, -0.2) is 43.1 Å². The van der Waals surface area contributed by atoms with Crippen molar-refractivity contribution in [2.45, 2.75) is 83.4 Å². The number of ether oxygens (including phenoxy) is 2. The van der Waals surface area contributed by atoms with E-state index in [1.165, 1.54) is 35.3 Å². The Hall–Kier alpha value is -2.08. The first kappa shape index (κ1) is 22.1. The summed E-state index contributed by atoms with van der Waals surface area (Å²) in [6.45, 7) is 4.69. The Labute approximate surface area is 186 Å². The average molecular weight is 428 g/mol. The number of carbonyl (C=O) groups is 1. The predicted molar refractivity (Wildman–Crippen MR) is 122 cm³/mol. The largest absolute Gasteiger partial charge is 0.493 e. The molecule has 0 aliphatic heterocycles. The van der Waals surface area contributed by atoms with Crippen LogP contribution in [0.3, 0.4) is 0 Å². The summed E-state index contributed by atoms with van der Waals surface area (Å²) in [5.41, 5.74) is 8.93. The maximum Gasteiger partial charge on any atom is 0.216 e. The molecule has 0 aromatic heterocycles. The molecule has 1 aromatic carbocycles. The van der Waals surface area contributed by atoms with Gasteiger partial charge in [-0.15, -0.1) is 0 Å². The maximum absolute atomic E-state index is 11.6. The lowest BCUT2D eigenvalue weighted by Crippen LogP contribution is -2.42. The van der Waals surface area contributed by atoms with Crippen molar-refractivity contribution in [1.82, 2.24) is 4.90 Å². The van der Waals surface area contributed by atoms with Gasteiger partial charge in [0, 0.05) is 18.6 Å². The molecule has 1 unspecified atom stereocenters. The average Bonchev–Trinajstić information content (AvgIpc) is 3.00. The molecule has 1 amide bonds. The van der Waals surface area contributed by atoms with E-state index >= 15 is 0 Å². The van der Waals surface area contributed by atoms with Crippen LogP contribution in [0.15, 0.2) is 23.2 Å². The van der Waals surface area contributed by atoms with Crippen LogP contribution in [0.1, 0.15) is 76.0 Å². The van der Waals surface area contributed by atoms with E-state index in [0.29, 0.717) is 18.0 Å². The van der Waals surface area contributed by atoms with Gasteiger partial charge in [0.05, 0.1) is 18.8 Å². The number of nitrogens with zero attached hydrogens (tertiary/aromatic N) is 2. The van der Waals surface area contributed by atoms with Crippen molar-refractivity contribution < 1.29 is 14.3 Å². The van der Waals surface area contributed by atoms with Crippen molar-refractivity contribution in [2.75, 3.05) is 13.7 Å². The van der Waals surface area contributed by atoms with Crippen LogP contribution in [0.4, 0.5) is 0 Å². The number of nitrogens with two attached hydrogens (primary N) is 1. The van der Waals surface area contributed by atoms with Gasteiger partial charge in [-0.25, -0.2) is 4.99 Å². The molecule has 1 atom stereocenters. The highest BCUT2D eigenvalue weighted by molar-refractivity contribution is 5.88. The van der Waals surface area contributed by atoms with Crippen LogP contribution in [0, 0.1) is 11.3 Å². The molecule has 170 valence electrons. The zero-order valence-electron chi connectivity index (χ0n) is 19.2. The zero-order valence-corrected chi connectivity index (χ0v) is 19.2. The monoisotopic (exact) mass is 427 g/mol. The Morgan fingerprint density at radius 3 is 2.61 bits per heavy atom. The van der Waals surface area contributed by atoms with Crippen LogP contribution in [-0.2, 0) is 16.0 Å². The summed E-state index contributed by atoms with van der Waals surface area (Å²) in [5, 5.41) is 0. The highest BCUT2D eigenvalue weighted by Gasteiger charge is 2.48. The van der Waals surface area contributed by atoms with Crippen molar-refractivity contribution in [3.8, 4) is 5.75 Å². The number of aliphatic imine (C=N–C) groups is 1. The molecular formula is C25H37N3O3. The number of fused-ring (bicyclic) bond motifs is 1. The minimum atomic E-state index is -0.0613. The molecule has 6 nitrogen and oxygen atoms in total. The van der Waals surface area contributed by atoms with Gasteiger partial charge in [-0.3, -0.25) is 9.69 Å². The van der Waals surface area contributed by atoms with Crippen molar-refractivity contribution >= 4 is 12.4 Å². The number of hydrogen-bond donors (Lipinski definition) is 1. The molecule has 4 rings (SSSR count). The molecule has 2 N–H and O–H groups in total. The standard InChI is InChI=1S/C25H37N3O3/c1-17(2)28(16-29)24(26)27-23-22-13-21(31-15-18-5-4-6-18)8-7-19(22)14-25(23)11-9-20(30-3)10-12-25/h7-8,13,16-18,20,23H,4-6,9-12,14-15H2,1-3H3,(H2,26,27). The predicted octanol–water partition coefficient (Wildman–Crippen LogP) is 4.22. The summed E-state index contributed by atoms with van der Waals surface area (Å²) < 4.78 is 11.8. The summed E-state index contributed by atoms with van der Waals surface area (Å²) in [6.07, 6.45) is 10.1. The summed E-state index contributed by atoms with van der Waals surface area (Å²) >= 11 is 0. The Kier molecular flexibility index (Phi) is 6.56. The Bertz CT molecular complexity index is 810. The van der Waals surface area contributed by atoms with Gasteiger partial charge in [0.25, 0.3) is 0 Å². The number of benzene rings is 1. The van der Waals surface area contributed by atoms with Crippen molar-refractivity contribution in [2.24, 2.45) is 22.1 Å². The summed E-state index contributed by atoms with van der Waals surface area (Å²) in [6, 6.07) is 6.40. The maximum atomic E-state index is 11.6. The van der Waals surface area contributed by atoms with Gasteiger partial charge < -0.3 is 15.2 Å². The topological polar surface area (TPSA) is 77.2 Å². The molecule has 31 heavy (non-hydrogen) atoms. The van der Waals surface area contributed by atoms with E-state index in [0.717, 1.165) is 50.9 Å². The molecule has 0 heterocycles. The van der Waals surface area contributed by atoms with Crippen LogP contribution in [0.2, 0.25) is 0 Å². The number of rotatable bonds is 7. The fourth-order valence-corrected chi connectivity index (χ4v) is 5.46. The highest BCUT2D eigenvalue weighted by atomic mass is 16.5. The van der Waals surface area contributed by atoms with Gasteiger partial charge in [-0.2, -0.15) is 0 Å². The highest BCUT2D eigenvalue weighted by Crippen LogP contribution is 2.56. The number of amides is 1. The van der Waals surface area contributed by atoms with E-state index in [-0.39, 0.29) is 17.5 Å². The number of guanidine groups is 1. The van der Waals surface area contributed by atoms with Crippen molar-refractivity contribution in [3.05, 3.63) is 29.3 Å². The van der Waals surface area contributed by atoms with Crippen LogP contribution in [0.5, 0.6) is 5.75 Å². The van der Waals surface area contributed by atoms with E-state index in [4.69, 9.17) is 20.2 Å². The number of carbonyl (C=O) groups excluding carboxylic acids is 1. The van der Waals surface area contributed by atoms with E-state index < -0.39 is 0 Å². The molecule has 3 aliphatic carbocycles. The van der Waals surface area contributed by atoms with Crippen molar-refractivity contribution in [1.29, 1.82) is 0 Å². The quantitative estimate of drug-likeness (QED) is 0.401. The summed E-state index contributed by atoms with van der Waals surface area (Å²) in [7, 11) is 1.80. The normalized spacial score (nSPS) is 28.5. The lowest BCUT2D eigenvalue weighted by Gasteiger charge is -2.40. The van der Waals surface area contributed by atoms with Crippen LogP contribution < -0.4 is 10.5 Å². The van der Waals surface area contributed by atoms with E-state index in [1.807, 2.05) is 13.8 Å². The zero-order chi connectivity index (χ0) is 22.0. The smallest absolute Gasteiger partial charge is 0.216 e. The number of methoxy groups -OCH3 is 1. The first-order valence-electron chi connectivity index (χ1n) is 11.8. The van der Waals surface area contributed by atoms with Gasteiger partial charge in [0.2, 0.25) is 6.41 Å². The Balaban J connectivity index is 1.64. The van der Waals surface area contributed by atoms with E-state index in [9.17, 15) is 4.79 Å². The third-order valence-corrected chi connectivity index (χ3v) is 7.70. The lowest BCUT2D eigenvalue weighted by molar-refractivity contribution is -0.115. The fourth-order valence-electron chi connectivity index (χ4n) is 5.46. The SMILES string of the molecule is COC1CCC2(CC1)Cc1ccc(OCC3CCC3)cc1C2N=C(N)N(C=O)C(C)C. The molecule has 0 radical (unpaired) electrons. The lowest BCUT2D eigenvalue weighted by atomic mass is 9.68. The molecule has 2 fully saturated rings. The van der Waals surface area contributed by atoms with Gasteiger partial charge in [0.15, 0.2) is 5.96 Å². The molecule has 0 saturated heterocycles. The van der Waals surface area contributed by atoms with Crippen LogP contribution >= 0.6 is 0 Å².